The number of carbonyl (C=O) groups is 1. The Morgan fingerprint density at radius 1 is 1.25 bits per heavy atom. The number of hydrogen-bond donors (Lipinski definition) is 3. The molecule has 0 unspecified atom stereocenters. The van der Waals surface area contributed by atoms with Gasteiger partial charge in [-0.2, -0.15) is 0 Å². The Kier molecular flexibility index (Phi) is 5.17. The topological polar surface area (TPSA) is 85.9 Å². The van der Waals surface area contributed by atoms with Gasteiger partial charge in [0.1, 0.15) is 17.6 Å². The van der Waals surface area contributed by atoms with Crippen LogP contribution < -0.4 is 5.32 Å². The minimum absolute atomic E-state index is 0.133. The number of carboxylic acid groups (broad SMARTS) is 1. The molecular formula is C18H22N2O4. The third kappa shape index (κ3) is 4.15. The first-order valence-corrected chi connectivity index (χ1v) is 8.14. The monoisotopic (exact) mass is 330 g/mol. The molecule has 2 aromatic rings. The van der Waals surface area contributed by atoms with Crippen LogP contribution in [0.5, 0.6) is 5.75 Å². The second kappa shape index (κ2) is 7.51. The average Bonchev–Trinajstić information content (AvgIpc) is 3.08. The molecule has 6 heteroatoms. The summed E-state index contributed by atoms with van der Waals surface area (Å²) < 4.78 is 5.37. The Balaban J connectivity index is 1.55. The third-order valence-electron chi connectivity index (χ3n) is 4.42. The summed E-state index contributed by atoms with van der Waals surface area (Å²) >= 11 is 0. The van der Waals surface area contributed by atoms with Gasteiger partial charge in [-0.1, -0.05) is 12.1 Å². The van der Waals surface area contributed by atoms with Crippen molar-refractivity contribution < 1.29 is 19.4 Å². The molecule has 3 rings (SSSR count). The number of carboxylic acids is 1. The van der Waals surface area contributed by atoms with Gasteiger partial charge in [-0.05, 0) is 42.7 Å². The van der Waals surface area contributed by atoms with Crippen LogP contribution in [-0.4, -0.2) is 40.2 Å². The lowest BCUT2D eigenvalue weighted by Crippen LogP contribution is -2.45. The third-order valence-corrected chi connectivity index (χ3v) is 4.42. The number of hydrogen-bond acceptors (Lipinski definition) is 5. The number of nitrogens with one attached hydrogen (secondary N) is 1. The zero-order chi connectivity index (χ0) is 16.9. The van der Waals surface area contributed by atoms with Gasteiger partial charge in [0.15, 0.2) is 0 Å². The summed E-state index contributed by atoms with van der Waals surface area (Å²) in [5.41, 5.74) is 0.651. The number of benzene rings is 1. The standard InChI is InChI=1S/C18H22N2O4/c21-15-5-3-13(4-6-15)17(18(22)23)19-14-7-9-20(10-8-14)12-16-2-1-11-24-16/h1-6,11,14,17,19,21H,7-10,12H2,(H,22,23)/t17-/m1/s1. The van der Waals surface area contributed by atoms with Crippen LogP contribution in [0.15, 0.2) is 47.1 Å². The first-order chi connectivity index (χ1) is 11.6. The average molecular weight is 330 g/mol. The predicted octanol–water partition coefficient (Wildman–Crippen LogP) is 2.37. The van der Waals surface area contributed by atoms with Crippen LogP contribution in [0.2, 0.25) is 0 Å². The lowest BCUT2D eigenvalue weighted by Gasteiger charge is -2.33. The number of piperidine rings is 1. The van der Waals surface area contributed by atoms with Crippen LogP contribution in [0.1, 0.15) is 30.2 Å². The fourth-order valence-corrected chi connectivity index (χ4v) is 3.09. The molecule has 0 spiro atoms. The van der Waals surface area contributed by atoms with Gasteiger partial charge in [0.2, 0.25) is 0 Å². The van der Waals surface area contributed by atoms with Gasteiger partial charge in [0, 0.05) is 19.1 Å². The highest BCUT2D eigenvalue weighted by atomic mass is 16.4. The molecule has 0 amide bonds. The van der Waals surface area contributed by atoms with E-state index in [-0.39, 0.29) is 11.8 Å². The van der Waals surface area contributed by atoms with Crippen LogP contribution in [0, 0.1) is 0 Å². The van der Waals surface area contributed by atoms with Crippen molar-refractivity contribution in [3.05, 3.63) is 54.0 Å². The molecule has 1 fully saturated rings. The van der Waals surface area contributed by atoms with Crippen molar-refractivity contribution in [3.63, 3.8) is 0 Å². The number of phenols is 1. The molecule has 128 valence electrons. The summed E-state index contributed by atoms with van der Waals surface area (Å²) in [6.07, 6.45) is 3.46. The molecule has 0 radical (unpaired) electrons. The molecule has 2 heterocycles. The van der Waals surface area contributed by atoms with Crippen LogP contribution in [0.25, 0.3) is 0 Å². The molecule has 6 nitrogen and oxygen atoms in total. The summed E-state index contributed by atoms with van der Waals surface area (Å²) in [6, 6.07) is 9.58. The highest BCUT2D eigenvalue weighted by molar-refractivity contribution is 5.75. The molecular weight excluding hydrogens is 308 g/mol. The Labute approximate surface area is 140 Å². The summed E-state index contributed by atoms with van der Waals surface area (Å²) in [5, 5.41) is 22.1. The molecule has 1 atom stereocenters. The van der Waals surface area contributed by atoms with Gasteiger partial charge in [-0.3, -0.25) is 15.0 Å². The quantitative estimate of drug-likeness (QED) is 0.754. The minimum Gasteiger partial charge on any atom is -0.508 e. The number of aliphatic carboxylic acids is 1. The van der Waals surface area contributed by atoms with Crippen molar-refractivity contribution in [2.24, 2.45) is 0 Å². The molecule has 24 heavy (non-hydrogen) atoms. The van der Waals surface area contributed by atoms with Gasteiger partial charge in [0.25, 0.3) is 0 Å². The summed E-state index contributed by atoms with van der Waals surface area (Å²) in [5.74, 6) is 0.182. The van der Waals surface area contributed by atoms with E-state index >= 15 is 0 Å². The first kappa shape index (κ1) is 16.5. The maximum atomic E-state index is 11.6. The zero-order valence-electron chi connectivity index (χ0n) is 13.4. The van der Waals surface area contributed by atoms with Crippen molar-refractivity contribution in [2.75, 3.05) is 13.1 Å². The van der Waals surface area contributed by atoms with Crippen LogP contribution in [-0.2, 0) is 11.3 Å². The normalized spacial score (nSPS) is 17.7. The highest BCUT2D eigenvalue weighted by Crippen LogP contribution is 2.21. The summed E-state index contributed by atoms with van der Waals surface area (Å²) in [4.78, 5) is 13.9. The Morgan fingerprint density at radius 3 is 2.54 bits per heavy atom. The predicted molar refractivity (Wildman–Crippen MR) is 88.6 cm³/mol. The maximum absolute atomic E-state index is 11.6. The van der Waals surface area contributed by atoms with E-state index in [1.807, 2.05) is 12.1 Å². The van der Waals surface area contributed by atoms with E-state index in [0.717, 1.165) is 38.2 Å². The van der Waals surface area contributed by atoms with Gasteiger partial charge in [-0.15, -0.1) is 0 Å². The number of rotatable bonds is 6. The van der Waals surface area contributed by atoms with Gasteiger partial charge >= 0.3 is 5.97 Å². The fraction of sp³-hybridized carbons (Fsp3) is 0.389. The van der Waals surface area contributed by atoms with Gasteiger partial charge in [-0.25, -0.2) is 0 Å². The Bertz CT molecular complexity index is 646. The number of phenolic OH excluding ortho intramolecular Hbond substituents is 1. The van der Waals surface area contributed by atoms with Crippen molar-refractivity contribution in [3.8, 4) is 5.75 Å². The van der Waals surface area contributed by atoms with Crippen molar-refractivity contribution in [1.29, 1.82) is 0 Å². The highest BCUT2D eigenvalue weighted by Gasteiger charge is 2.26. The van der Waals surface area contributed by atoms with E-state index in [1.54, 1.807) is 18.4 Å². The zero-order valence-corrected chi connectivity index (χ0v) is 13.4. The first-order valence-electron chi connectivity index (χ1n) is 8.14. The number of aromatic hydroxyl groups is 1. The molecule has 1 saturated heterocycles. The molecule has 0 aliphatic carbocycles. The number of furan rings is 1. The molecule has 0 saturated carbocycles. The Morgan fingerprint density at radius 2 is 1.96 bits per heavy atom. The molecule has 3 N–H and O–H groups in total. The van der Waals surface area contributed by atoms with E-state index in [0.29, 0.717) is 5.56 Å². The van der Waals surface area contributed by atoms with Gasteiger partial charge in [0.05, 0.1) is 12.8 Å². The van der Waals surface area contributed by atoms with E-state index in [2.05, 4.69) is 10.2 Å². The van der Waals surface area contributed by atoms with Gasteiger partial charge < -0.3 is 14.6 Å². The summed E-state index contributed by atoms with van der Waals surface area (Å²) in [6.45, 7) is 2.60. The van der Waals surface area contributed by atoms with Crippen molar-refractivity contribution in [2.45, 2.75) is 31.5 Å². The second-order valence-corrected chi connectivity index (χ2v) is 6.16. The number of likely N-dealkylation sites (tertiary alicyclic amines) is 1. The van der Waals surface area contributed by atoms with E-state index < -0.39 is 12.0 Å². The molecule has 0 bridgehead atoms. The molecule has 1 aliphatic heterocycles. The minimum atomic E-state index is -0.904. The van der Waals surface area contributed by atoms with Crippen LogP contribution >= 0.6 is 0 Å². The number of nitrogens with zero attached hydrogens (tertiary/aromatic N) is 1. The SMILES string of the molecule is O=C(O)[C@H](NC1CCN(Cc2ccco2)CC1)c1ccc(O)cc1. The fourth-order valence-electron chi connectivity index (χ4n) is 3.09. The summed E-state index contributed by atoms with van der Waals surface area (Å²) in [7, 11) is 0. The molecule has 1 aromatic heterocycles. The smallest absolute Gasteiger partial charge is 0.325 e. The van der Waals surface area contributed by atoms with E-state index in [4.69, 9.17) is 4.42 Å². The maximum Gasteiger partial charge on any atom is 0.325 e. The lowest BCUT2D eigenvalue weighted by molar-refractivity contribution is -0.140. The van der Waals surface area contributed by atoms with E-state index in [9.17, 15) is 15.0 Å². The Hall–Kier alpha value is -2.31. The van der Waals surface area contributed by atoms with Crippen LogP contribution in [0.3, 0.4) is 0 Å². The van der Waals surface area contributed by atoms with Crippen LogP contribution in [0.4, 0.5) is 0 Å². The van der Waals surface area contributed by atoms with Crippen molar-refractivity contribution >= 4 is 5.97 Å². The lowest BCUT2D eigenvalue weighted by atomic mass is 10.0. The van der Waals surface area contributed by atoms with E-state index in [1.165, 1.54) is 12.1 Å². The second-order valence-electron chi connectivity index (χ2n) is 6.16. The largest absolute Gasteiger partial charge is 0.508 e. The van der Waals surface area contributed by atoms with Crippen molar-refractivity contribution in [1.82, 2.24) is 10.2 Å². The molecule has 1 aliphatic rings. The molecule has 1 aromatic carbocycles.